The molecule has 0 aliphatic rings. The first kappa shape index (κ1) is 37.3. The number of alkyl halides is 6. The molecule has 0 radical (unpaired) electrons. The van der Waals surface area contributed by atoms with Gasteiger partial charge in [0, 0.05) is 22.6 Å². The van der Waals surface area contributed by atoms with Crippen LogP contribution in [0.5, 0.6) is 11.5 Å². The van der Waals surface area contributed by atoms with Gasteiger partial charge in [0.1, 0.15) is 23.5 Å². The maximum absolute atomic E-state index is 13.5. The van der Waals surface area contributed by atoms with Crippen LogP contribution in [-0.2, 0) is 17.1 Å². The first-order valence-electron chi connectivity index (χ1n) is 15.7. The second-order valence-corrected chi connectivity index (χ2v) is 12.8. The number of carbonyl (C=O) groups is 2. The van der Waals surface area contributed by atoms with Gasteiger partial charge < -0.3 is 20.1 Å². The van der Waals surface area contributed by atoms with E-state index in [9.17, 15) is 35.9 Å². The molecule has 0 spiro atoms. The van der Waals surface area contributed by atoms with Crippen molar-refractivity contribution >= 4 is 45.9 Å². The van der Waals surface area contributed by atoms with Crippen LogP contribution in [0.1, 0.15) is 67.7 Å². The number of anilines is 4. The average Bonchev–Trinajstić information content (AvgIpc) is 3.04. The summed E-state index contributed by atoms with van der Waals surface area (Å²) in [6.07, 6.45) is -9.64. The van der Waals surface area contributed by atoms with E-state index in [1.165, 1.54) is 24.5 Å². The molecule has 2 amide bonds. The quantitative estimate of drug-likeness (QED) is 0.135. The van der Waals surface area contributed by atoms with Crippen molar-refractivity contribution in [2.45, 2.75) is 58.5 Å². The SMILES string of the molecule is CC(C)c1ccc2c(Nc3cc(NC(=O)c4cc(C(F)(F)F)cc(C(F)(F)F)c4)ccc3Oc3ccc(NC(=O)OC(C)(C)C)cc3)ncnc2n1. The molecule has 0 aliphatic carbocycles. The van der Waals surface area contributed by atoms with Crippen LogP contribution in [0.3, 0.4) is 0 Å². The fourth-order valence-electron chi connectivity index (χ4n) is 4.74. The molecule has 0 saturated carbocycles. The summed E-state index contributed by atoms with van der Waals surface area (Å²) in [4.78, 5) is 38.4. The number of ether oxygens (including phenoxy) is 2. The summed E-state index contributed by atoms with van der Waals surface area (Å²) in [6, 6.07) is 14.6. The van der Waals surface area contributed by atoms with Crippen LogP contribution in [0.25, 0.3) is 11.0 Å². The van der Waals surface area contributed by atoms with E-state index in [2.05, 4.69) is 30.9 Å². The Morgan fingerprint density at radius 2 is 1.38 bits per heavy atom. The highest BCUT2D eigenvalue weighted by molar-refractivity contribution is 6.05. The Kier molecular flexibility index (Phi) is 10.3. The van der Waals surface area contributed by atoms with Crippen LogP contribution < -0.4 is 20.7 Å². The van der Waals surface area contributed by atoms with Gasteiger partial charge in [-0.1, -0.05) is 13.8 Å². The van der Waals surface area contributed by atoms with Crippen molar-refractivity contribution in [1.29, 1.82) is 0 Å². The maximum Gasteiger partial charge on any atom is 0.416 e. The number of aromatic nitrogens is 3. The fourth-order valence-corrected chi connectivity index (χ4v) is 4.74. The van der Waals surface area contributed by atoms with E-state index in [0.29, 0.717) is 34.6 Å². The lowest BCUT2D eigenvalue weighted by atomic mass is 10.0. The molecule has 52 heavy (non-hydrogen) atoms. The Balaban J connectivity index is 1.48. The van der Waals surface area contributed by atoms with Crippen molar-refractivity contribution in [3.63, 3.8) is 0 Å². The molecule has 5 rings (SSSR count). The fraction of sp³-hybridized carbons (Fsp3) is 0.250. The third-order valence-corrected chi connectivity index (χ3v) is 7.18. The van der Waals surface area contributed by atoms with Gasteiger partial charge in [0.25, 0.3) is 5.91 Å². The van der Waals surface area contributed by atoms with Gasteiger partial charge in [-0.3, -0.25) is 10.1 Å². The van der Waals surface area contributed by atoms with Crippen LogP contribution in [0.15, 0.2) is 79.1 Å². The zero-order valence-corrected chi connectivity index (χ0v) is 28.3. The Labute approximate surface area is 293 Å². The highest BCUT2D eigenvalue weighted by atomic mass is 19.4. The Morgan fingerprint density at radius 1 is 0.750 bits per heavy atom. The van der Waals surface area contributed by atoms with E-state index in [1.54, 1.807) is 51.1 Å². The molecule has 0 atom stereocenters. The summed E-state index contributed by atoms with van der Waals surface area (Å²) in [6.45, 7) is 9.13. The maximum atomic E-state index is 13.5. The molecule has 2 aromatic heterocycles. The highest BCUT2D eigenvalue weighted by Gasteiger charge is 2.37. The predicted octanol–water partition coefficient (Wildman–Crippen LogP) is 10.3. The second kappa shape index (κ2) is 14.4. The molecule has 0 fully saturated rings. The summed E-state index contributed by atoms with van der Waals surface area (Å²) in [7, 11) is 0. The van der Waals surface area contributed by atoms with E-state index in [4.69, 9.17) is 9.47 Å². The van der Waals surface area contributed by atoms with Crippen molar-refractivity contribution in [3.05, 3.63) is 102 Å². The van der Waals surface area contributed by atoms with E-state index in [-0.39, 0.29) is 34.9 Å². The summed E-state index contributed by atoms with van der Waals surface area (Å²) in [5, 5.41) is 8.61. The molecule has 2 heterocycles. The third-order valence-electron chi connectivity index (χ3n) is 7.18. The minimum atomic E-state index is -5.14. The standard InChI is InChI=1S/C36H32F6N6O4/c1-19(2)27-12-11-26-30(47-27)43-18-44-31(26)48-28-17-24(45-32(49)20-14-21(35(37,38)39)16-22(15-20)36(40,41)42)8-13-29(28)51-25-9-6-23(7-10-25)46-33(50)52-34(3,4)5/h6-19H,1-5H3,(H,45,49)(H,46,50)(H,43,44,47,48). The number of pyridine rings is 1. The molecule has 272 valence electrons. The zero-order valence-electron chi connectivity index (χ0n) is 28.3. The van der Waals surface area contributed by atoms with Crippen molar-refractivity contribution in [3.8, 4) is 11.5 Å². The number of nitrogens with zero attached hydrogens (tertiary/aromatic N) is 3. The largest absolute Gasteiger partial charge is 0.455 e. The topological polar surface area (TPSA) is 127 Å². The van der Waals surface area contributed by atoms with E-state index >= 15 is 0 Å². The molecule has 10 nitrogen and oxygen atoms in total. The number of halogens is 6. The molecule has 0 aliphatic heterocycles. The lowest BCUT2D eigenvalue weighted by molar-refractivity contribution is -0.143. The van der Waals surface area contributed by atoms with E-state index in [1.807, 2.05) is 19.9 Å². The Bertz CT molecular complexity index is 2080. The number of carbonyl (C=O) groups excluding carboxylic acids is 2. The summed E-state index contributed by atoms with van der Waals surface area (Å²) >= 11 is 0. The highest BCUT2D eigenvalue weighted by Crippen LogP contribution is 2.38. The molecule has 3 aromatic carbocycles. The van der Waals surface area contributed by atoms with Gasteiger partial charge in [0.05, 0.1) is 22.2 Å². The normalized spacial score (nSPS) is 12.1. The number of hydrogen-bond donors (Lipinski definition) is 3. The minimum absolute atomic E-state index is 0.00121. The number of fused-ring (bicyclic) bond motifs is 1. The van der Waals surface area contributed by atoms with E-state index in [0.717, 1.165) is 5.69 Å². The number of nitrogens with one attached hydrogen (secondary N) is 3. The van der Waals surface area contributed by atoms with Gasteiger partial charge in [0.15, 0.2) is 11.4 Å². The summed E-state index contributed by atoms with van der Waals surface area (Å²) in [5.41, 5.74) is -3.03. The number of rotatable bonds is 8. The Hall–Kier alpha value is -5.93. The minimum Gasteiger partial charge on any atom is -0.455 e. The van der Waals surface area contributed by atoms with Gasteiger partial charge in [-0.25, -0.2) is 19.7 Å². The summed E-state index contributed by atoms with van der Waals surface area (Å²) < 4.78 is 92.1. The molecular formula is C36H32F6N6O4. The van der Waals surface area contributed by atoms with Gasteiger partial charge in [-0.15, -0.1) is 0 Å². The average molecular weight is 727 g/mol. The van der Waals surface area contributed by atoms with Crippen LogP contribution in [0, 0.1) is 0 Å². The van der Waals surface area contributed by atoms with E-state index < -0.39 is 46.6 Å². The molecule has 0 unspecified atom stereocenters. The predicted molar refractivity (Wildman–Crippen MR) is 182 cm³/mol. The van der Waals surface area contributed by atoms with Crippen LogP contribution in [0.2, 0.25) is 0 Å². The molecule has 5 aromatic rings. The Morgan fingerprint density at radius 3 is 1.98 bits per heavy atom. The van der Waals surface area contributed by atoms with Gasteiger partial charge in [-0.05, 0) is 99.5 Å². The van der Waals surface area contributed by atoms with Crippen molar-refractivity contribution in [2.75, 3.05) is 16.0 Å². The second-order valence-electron chi connectivity index (χ2n) is 12.8. The van der Waals surface area contributed by atoms with Crippen LogP contribution in [0.4, 0.5) is 54.0 Å². The third kappa shape index (κ3) is 9.44. The van der Waals surface area contributed by atoms with Crippen molar-refractivity contribution in [2.24, 2.45) is 0 Å². The summed E-state index contributed by atoms with van der Waals surface area (Å²) in [5.74, 6) is -0.324. The first-order valence-corrected chi connectivity index (χ1v) is 15.7. The van der Waals surface area contributed by atoms with Gasteiger partial charge in [0.2, 0.25) is 0 Å². The molecule has 16 heteroatoms. The first-order chi connectivity index (χ1) is 24.2. The van der Waals surface area contributed by atoms with Gasteiger partial charge in [-0.2, -0.15) is 26.3 Å². The molecule has 0 bridgehead atoms. The molecular weight excluding hydrogens is 694 g/mol. The smallest absolute Gasteiger partial charge is 0.416 e. The zero-order chi connectivity index (χ0) is 38.0. The van der Waals surface area contributed by atoms with Crippen LogP contribution in [-0.4, -0.2) is 32.6 Å². The molecule has 0 saturated heterocycles. The lowest BCUT2D eigenvalue weighted by Crippen LogP contribution is -2.27. The van der Waals surface area contributed by atoms with Gasteiger partial charge >= 0.3 is 18.4 Å². The molecule has 3 N–H and O–H groups in total. The number of hydrogen-bond acceptors (Lipinski definition) is 8. The van der Waals surface area contributed by atoms with Crippen molar-refractivity contribution in [1.82, 2.24) is 15.0 Å². The number of benzene rings is 3. The lowest BCUT2D eigenvalue weighted by Gasteiger charge is -2.19. The van der Waals surface area contributed by atoms with Crippen molar-refractivity contribution < 1.29 is 45.4 Å². The monoisotopic (exact) mass is 726 g/mol. The number of amides is 2. The van der Waals surface area contributed by atoms with Crippen LogP contribution >= 0.6 is 0 Å².